The average molecular weight is 259 g/mol. The van der Waals surface area contributed by atoms with Gasteiger partial charge in [-0.1, -0.05) is 18.2 Å². The van der Waals surface area contributed by atoms with Crippen LogP contribution >= 0.6 is 0 Å². The Bertz CT molecular complexity index is 466. The number of hydrogen-bond donors (Lipinski definition) is 1. The largest absolute Gasteiger partial charge is 0.507 e. The molecule has 0 atom stereocenters. The predicted molar refractivity (Wildman–Crippen MR) is 81.4 cm³/mol. The van der Waals surface area contributed by atoms with Crippen molar-refractivity contribution >= 4 is 5.57 Å². The van der Waals surface area contributed by atoms with Gasteiger partial charge in [0.25, 0.3) is 0 Å². The third-order valence-electron chi connectivity index (χ3n) is 3.99. The Balaban J connectivity index is 2.19. The number of nitrogens with zero attached hydrogens (tertiary/aromatic N) is 1. The Hall–Kier alpha value is -1.28. The number of phenols is 1. The average Bonchev–Trinajstić information content (AvgIpc) is 2.73. The van der Waals surface area contributed by atoms with Crippen LogP contribution in [0.15, 0.2) is 24.3 Å². The molecule has 0 fully saturated rings. The van der Waals surface area contributed by atoms with E-state index in [0.29, 0.717) is 17.8 Å². The first-order chi connectivity index (χ1) is 9.00. The molecule has 0 radical (unpaired) electrons. The molecule has 104 valence electrons. The Morgan fingerprint density at radius 1 is 1.16 bits per heavy atom. The van der Waals surface area contributed by atoms with Gasteiger partial charge in [0.1, 0.15) is 5.75 Å². The number of hydrogen-bond acceptors (Lipinski definition) is 2. The number of aromatic hydroxyl groups is 1. The van der Waals surface area contributed by atoms with Gasteiger partial charge in [-0.05, 0) is 57.7 Å². The summed E-state index contributed by atoms with van der Waals surface area (Å²) in [5.74, 6) is 0.432. The normalized spacial score (nSPS) is 16.9. The molecule has 1 N–H and O–H groups in total. The van der Waals surface area contributed by atoms with Gasteiger partial charge in [0.15, 0.2) is 0 Å². The minimum absolute atomic E-state index is 0.432. The first-order valence-electron chi connectivity index (χ1n) is 7.26. The van der Waals surface area contributed by atoms with Gasteiger partial charge < -0.3 is 5.11 Å². The molecule has 2 heteroatoms. The summed E-state index contributed by atoms with van der Waals surface area (Å²) in [6.45, 7) is 9.90. The quantitative estimate of drug-likeness (QED) is 0.888. The summed E-state index contributed by atoms with van der Waals surface area (Å²) in [6.07, 6.45) is 4.40. The number of fused-ring (bicyclic) bond motifs is 1. The monoisotopic (exact) mass is 259 g/mol. The van der Waals surface area contributed by atoms with Crippen LogP contribution in [0.25, 0.3) is 5.57 Å². The molecule has 0 unspecified atom stereocenters. The highest BCUT2D eigenvalue weighted by atomic mass is 16.3. The van der Waals surface area contributed by atoms with Crippen molar-refractivity contribution in [2.24, 2.45) is 0 Å². The number of aryl methyl sites for hydroxylation is 1. The van der Waals surface area contributed by atoms with Gasteiger partial charge in [-0.15, -0.1) is 0 Å². The molecule has 0 saturated carbocycles. The fourth-order valence-corrected chi connectivity index (χ4v) is 3.00. The topological polar surface area (TPSA) is 23.5 Å². The molecule has 2 nitrogen and oxygen atoms in total. The molecule has 1 aliphatic carbocycles. The molecule has 0 aliphatic heterocycles. The van der Waals surface area contributed by atoms with Gasteiger partial charge in [-0.3, -0.25) is 4.90 Å². The molecule has 19 heavy (non-hydrogen) atoms. The highest BCUT2D eigenvalue weighted by Crippen LogP contribution is 2.38. The van der Waals surface area contributed by atoms with Gasteiger partial charge in [-0.25, -0.2) is 0 Å². The summed E-state index contributed by atoms with van der Waals surface area (Å²) < 4.78 is 0. The summed E-state index contributed by atoms with van der Waals surface area (Å²) in [6, 6.07) is 6.94. The lowest BCUT2D eigenvalue weighted by atomic mass is 10.1. The van der Waals surface area contributed by atoms with Crippen molar-refractivity contribution in [2.45, 2.75) is 52.6 Å². The minimum atomic E-state index is 0.432. The zero-order valence-corrected chi connectivity index (χ0v) is 12.5. The van der Waals surface area contributed by atoms with Crippen molar-refractivity contribution < 1.29 is 5.11 Å². The molecular weight excluding hydrogens is 234 g/mol. The molecule has 0 heterocycles. The van der Waals surface area contributed by atoms with E-state index in [-0.39, 0.29) is 0 Å². The summed E-state index contributed by atoms with van der Waals surface area (Å²) in [7, 11) is 0. The first-order valence-corrected chi connectivity index (χ1v) is 7.26. The van der Waals surface area contributed by atoms with E-state index in [2.05, 4.69) is 44.7 Å². The fraction of sp³-hybridized carbons (Fsp3) is 0.529. The van der Waals surface area contributed by atoms with Crippen molar-refractivity contribution in [1.29, 1.82) is 0 Å². The number of phenolic OH excluding ortho intramolecular Hbond substituents is 1. The second-order valence-corrected chi connectivity index (χ2v) is 5.92. The predicted octanol–water partition coefficient (Wildman–Crippen LogP) is 3.84. The third kappa shape index (κ3) is 3.01. The maximum Gasteiger partial charge on any atom is 0.123 e. The molecule has 0 amide bonds. The molecule has 0 spiro atoms. The van der Waals surface area contributed by atoms with Crippen LogP contribution in [0.4, 0.5) is 0 Å². The lowest BCUT2D eigenvalue weighted by molar-refractivity contribution is 0.196. The maximum absolute atomic E-state index is 10.0. The van der Waals surface area contributed by atoms with Gasteiger partial charge >= 0.3 is 0 Å². The molecule has 0 aromatic heterocycles. The molecule has 2 rings (SSSR count). The zero-order valence-electron chi connectivity index (χ0n) is 12.5. The van der Waals surface area contributed by atoms with Gasteiger partial charge in [0.05, 0.1) is 0 Å². The van der Waals surface area contributed by atoms with Crippen LogP contribution < -0.4 is 0 Å². The minimum Gasteiger partial charge on any atom is -0.507 e. The second kappa shape index (κ2) is 5.79. The van der Waals surface area contributed by atoms with Crippen LogP contribution in [0.5, 0.6) is 5.75 Å². The Morgan fingerprint density at radius 3 is 2.47 bits per heavy atom. The summed E-state index contributed by atoms with van der Waals surface area (Å²) in [5.41, 5.74) is 3.67. The van der Waals surface area contributed by atoms with Crippen molar-refractivity contribution in [3.63, 3.8) is 0 Å². The van der Waals surface area contributed by atoms with E-state index >= 15 is 0 Å². The Morgan fingerprint density at radius 2 is 1.84 bits per heavy atom. The number of benzene rings is 1. The van der Waals surface area contributed by atoms with E-state index in [9.17, 15) is 5.11 Å². The third-order valence-corrected chi connectivity index (χ3v) is 3.99. The lowest BCUT2D eigenvalue weighted by Crippen LogP contribution is -2.37. The van der Waals surface area contributed by atoms with E-state index in [0.717, 1.165) is 24.9 Å². The van der Waals surface area contributed by atoms with Crippen molar-refractivity contribution in [1.82, 2.24) is 4.90 Å². The summed E-state index contributed by atoms with van der Waals surface area (Å²) >= 11 is 0. The molecule has 0 saturated heterocycles. The van der Waals surface area contributed by atoms with Gasteiger partial charge in [0.2, 0.25) is 0 Å². The highest BCUT2D eigenvalue weighted by molar-refractivity contribution is 5.76. The first kappa shape index (κ1) is 14.1. The van der Waals surface area contributed by atoms with Crippen LogP contribution in [0.2, 0.25) is 0 Å². The zero-order chi connectivity index (χ0) is 14.0. The van der Waals surface area contributed by atoms with Gasteiger partial charge in [0, 0.05) is 24.2 Å². The van der Waals surface area contributed by atoms with Crippen LogP contribution in [-0.2, 0) is 6.42 Å². The lowest BCUT2D eigenvalue weighted by Gasteiger charge is -2.29. The van der Waals surface area contributed by atoms with E-state index in [1.807, 2.05) is 6.07 Å². The van der Waals surface area contributed by atoms with E-state index in [1.54, 1.807) is 6.07 Å². The van der Waals surface area contributed by atoms with E-state index < -0.39 is 0 Å². The van der Waals surface area contributed by atoms with E-state index in [1.165, 1.54) is 11.1 Å². The molecule has 1 aromatic carbocycles. The van der Waals surface area contributed by atoms with Crippen LogP contribution in [0.1, 0.15) is 45.2 Å². The Labute approximate surface area is 116 Å². The maximum atomic E-state index is 10.0. The Kier molecular flexibility index (Phi) is 4.31. The van der Waals surface area contributed by atoms with Crippen molar-refractivity contribution in [2.75, 3.05) is 6.54 Å². The van der Waals surface area contributed by atoms with Crippen LogP contribution in [0, 0.1) is 0 Å². The standard InChI is InChI=1S/C17H25NO/c1-12(2)18(13(3)4)11-10-15-9-8-14-6-5-7-16(19)17(14)15/h5-7,10,12-13,19H,8-9,11H2,1-4H3/b15-10+. The van der Waals surface area contributed by atoms with Gasteiger partial charge in [-0.2, -0.15) is 0 Å². The number of rotatable bonds is 4. The van der Waals surface area contributed by atoms with Crippen molar-refractivity contribution in [3.8, 4) is 5.75 Å². The molecular formula is C17H25NO. The highest BCUT2D eigenvalue weighted by Gasteiger charge is 2.20. The summed E-state index contributed by atoms with van der Waals surface area (Å²) in [4.78, 5) is 2.46. The fourth-order valence-electron chi connectivity index (χ4n) is 3.00. The van der Waals surface area contributed by atoms with E-state index in [4.69, 9.17) is 0 Å². The second-order valence-electron chi connectivity index (χ2n) is 5.92. The molecule has 1 aliphatic rings. The van der Waals surface area contributed by atoms with Crippen LogP contribution in [-0.4, -0.2) is 28.6 Å². The van der Waals surface area contributed by atoms with Crippen LogP contribution in [0.3, 0.4) is 0 Å². The summed E-state index contributed by atoms with van der Waals surface area (Å²) in [5, 5.41) is 10.0. The smallest absolute Gasteiger partial charge is 0.123 e. The molecule has 0 bridgehead atoms. The SMILES string of the molecule is CC(C)N(C/C=C1\CCc2cccc(O)c21)C(C)C. The number of allylic oxidation sites excluding steroid dienone is 1. The molecule has 1 aromatic rings. The van der Waals surface area contributed by atoms with Crippen molar-refractivity contribution in [3.05, 3.63) is 35.4 Å².